The number of anilines is 1. The van der Waals surface area contributed by atoms with Crippen LogP contribution in [0.15, 0.2) is 47.5 Å². The zero-order valence-corrected chi connectivity index (χ0v) is 22.4. The Bertz CT molecular complexity index is 890. The summed E-state index contributed by atoms with van der Waals surface area (Å²) >= 11 is 0. The first-order valence-corrected chi connectivity index (χ1v) is 11.1. The van der Waals surface area contributed by atoms with Gasteiger partial charge in [0.2, 0.25) is 5.91 Å². The second kappa shape index (κ2) is 16.3. The van der Waals surface area contributed by atoms with Crippen LogP contribution in [0.3, 0.4) is 0 Å². The second-order valence-electron chi connectivity index (χ2n) is 7.58. The number of aryl methyl sites for hydroxylation is 1. The third-order valence-corrected chi connectivity index (χ3v) is 4.79. The number of amides is 1. The minimum Gasteiger partial charge on any atom is -0.493 e. The number of hydrogen-bond donors (Lipinski definition) is 3. The molecule has 182 valence electrons. The van der Waals surface area contributed by atoms with Gasteiger partial charge in [0, 0.05) is 57.9 Å². The number of benzene rings is 2. The molecule has 0 radical (unpaired) electrons. The molecule has 0 unspecified atom stereocenters. The third-order valence-electron chi connectivity index (χ3n) is 4.79. The van der Waals surface area contributed by atoms with Crippen molar-refractivity contribution in [3.8, 4) is 5.75 Å². The minimum atomic E-state index is 0. The molecule has 2 aromatic rings. The van der Waals surface area contributed by atoms with E-state index in [2.05, 4.69) is 46.1 Å². The lowest BCUT2D eigenvalue weighted by Gasteiger charge is -2.16. The van der Waals surface area contributed by atoms with Crippen molar-refractivity contribution in [1.29, 1.82) is 0 Å². The molecule has 0 saturated heterocycles. The standard InChI is InChI=1S/C25H36N4O3.HI/c1-5-8-24(30)29-22-10-6-9-20(16-22)17-27-25(26-3)28-18-21-12-11-19(2)15-23(21)32-14-7-13-31-4;/h6,9-12,15-16H,5,7-8,13-14,17-18H2,1-4H3,(H,29,30)(H2,26,27,28);1H. The van der Waals surface area contributed by atoms with Gasteiger partial charge in [0.1, 0.15) is 5.75 Å². The summed E-state index contributed by atoms with van der Waals surface area (Å²) in [4.78, 5) is 16.1. The molecule has 1 amide bonds. The summed E-state index contributed by atoms with van der Waals surface area (Å²) in [5, 5.41) is 9.60. The fourth-order valence-electron chi connectivity index (χ4n) is 3.12. The van der Waals surface area contributed by atoms with E-state index in [0.717, 1.165) is 41.0 Å². The maximum absolute atomic E-state index is 11.8. The van der Waals surface area contributed by atoms with Crippen LogP contribution in [0.1, 0.15) is 42.9 Å². The molecule has 0 aromatic heterocycles. The van der Waals surface area contributed by atoms with Crippen LogP contribution in [0.5, 0.6) is 5.75 Å². The highest BCUT2D eigenvalue weighted by Gasteiger charge is 2.07. The average Bonchev–Trinajstić information content (AvgIpc) is 2.78. The Morgan fingerprint density at radius 1 is 1.06 bits per heavy atom. The predicted octanol–water partition coefficient (Wildman–Crippen LogP) is 4.63. The molecule has 7 nitrogen and oxygen atoms in total. The van der Waals surface area contributed by atoms with Gasteiger partial charge in [-0.2, -0.15) is 0 Å². The van der Waals surface area contributed by atoms with Gasteiger partial charge < -0.3 is 25.4 Å². The molecule has 2 aromatic carbocycles. The summed E-state index contributed by atoms with van der Waals surface area (Å²) in [6.07, 6.45) is 2.20. The third kappa shape index (κ3) is 10.9. The lowest BCUT2D eigenvalue weighted by molar-refractivity contribution is -0.116. The first kappa shape index (κ1) is 28.7. The van der Waals surface area contributed by atoms with E-state index in [1.165, 1.54) is 0 Å². The van der Waals surface area contributed by atoms with E-state index in [9.17, 15) is 4.79 Å². The highest BCUT2D eigenvalue weighted by molar-refractivity contribution is 14.0. The van der Waals surface area contributed by atoms with E-state index in [4.69, 9.17) is 9.47 Å². The molecular formula is C25H37IN4O3. The molecule has 2 rings (SSSR count). The highest BCUT2D eigenvalue weighted by atomic mass is 127. The smallest absolute Gasteiger partial charge is 0.224 e. The number of guanidine groups is 1. The molecule has 0 atom stereocenters. The van der Waals surface area contributed by atoms with E-state index in [0.29, 0.717) is 38.7 Å². The first-order chi connectivity index (χ1) is 15.5. The first-order valence-electron chi connectivity index (χ1n) is 11.1. The van der Waals surface area contributed by atoms with Crippen molar-refractivity contribution >= 4 is 41.5 Å². The molecule has 0 fully saturated rings. The Labute approximate surface area is 214 Å². The minimum absolute atomic E-state index is 0. The topological polar surface area (TPSA) is 84.0 Å². The Morgan fingerprint density at radius 2 is 1.85 bits per heavy atom. The maximum atomic E-state index is 11.8. The van der Waals surface area contributed by atoms with E-state index >= 15 is 0 Å². The van der Waals surface area contributed by atoms with Crippen molar-refractivity contribution in [2.24, 2.45) is 4.99 Å². The molecule has 0 spiro atoms. The zero-order chi connectivity index (χ0) is 23.2. The molecule has 0 aliphatic carbocycles. The van der Waals surface area contributed by atoms with Gasteiger partial charge in [-0.1, -0.05) is 31.2 Å². The monoisotopic (exact) mass is 568 g/mol. The molecule has 33 heavy (non-hydrogen) atoms. The van der Waals surface area contributed by atoms with E-state index in [1.807, 2.05) is 31.2 Å². The molecule has 0 aliphatic heterocycles. The van der Waals surface area contributed by atoms with Crippen LogP contribution >= 0.6 is 24.0 Å². The van der Waals surface area contributed by atoms with Crippen molar-refractivity contribution in [3.63, 3.8) is 0 Å². The van der Waals surface area contributed by atoms with E-state index < -0.39 is 0 Å². The molecule has 3 N–H and O–H groups in total. The van der Waals surface area contributed by atoms with Gasteiger partial charge in [0.15, 0.2) is 5.96 Å². The van der Waals surface area contributed by atoms with Gasteiger partial charge in [-0.05, 0) is 42.7 Å². The SMILES string of the molecule is CCCC(=O)Nc1cccc(CNC(=NC)NCc2ccc(C)cc2OCCCOC)c1.I. The van der Waals surface area contributed by atoms with Crippen molar-refractivity contribution < 1.29 is 14.3 Å². The Hall–Kier alpha value is -2.33. The molecular weight excluding hydrogens is 531 g/mol. The lowest BCUT2D eigenvalue weighted by Crippen LogP contribution is -2.36. The average molecular weight is 569 g/mol. The summed E-state index contributed by atoms with van der Waals surface area (Å²) < 4.78 is 11.1. The summed E-state index contributed by atoms with van der Waals surface area (Å²) in [6, 6.07) is 14.0. The number of carbonyl (C=O) groups excluding carboxylic acids is 1. The van der Waals surface area contributed by atoms with Crippen LogP contribution in [0.25, 0.3) is 0 Å². The fraction of sp³-hybridized carbons (Fsp3) is 0.440. The fourth-order valence-corrected chi connectivity index (χ4v) is 3.12. The number of nitrogens with one attached hydrogen (secondary N) is 3. The van der Waals surface area contributed by atoms with Gasteiger partial charge in [-0.25, -0.2) is 0 Å². The summed E-state index contributed by atoms with van der Waals surface area (Å²) in [5.74, 6) is 1.60. The number of halogens is 1. The lowest BCUT2D eigenvalue weighted by atomic mass is 10.1. The van der Waals surface area contributed by atoms with Crippen molar-refractivity contribution in [1.82, 2.24) is 10.6 Å². The number of rotatable bonds is 12. The van der Waals surface area contributed by atoms with Crippen LogP contribution in [0, 0.1) is 6.92 Å². The second-order valence-corrected chi connectivity index (χ2v) is 7.58. The van der Waals surface area contributed by atoms with Crippen LogP contribution in [-0.2, 0) is 22.6 Å². The Morgan fingerprint density at radius 3 is 2.58 bits per heavy atom. The summed E-state index contributed by atoms with van der Waals surface area (Å²) in [7, 11) is 3.44. The van der Waals surface area contributed by atoms with Crippen LogP contribution in [0.4, 0.5) is 5.69 Å². The number of hydrogen-bond acceptors (Lipinski definition) is 4. The van der Waals surface area contributed by atoms with Crippen LogP contribution in [0.2, 0.25) is 0 Å². The van der Waals surface area contributed by atoms with Crippen molar-refractivity contribution in [2.75, 3.05) is 32.7 Å². The number of nitrogens with zero attached hydrogens (tertiary/aromatic N) is 1. The number of carbonyl (C=O) groups is 1. The predicted molar refractivity (Wildman–Crippen MR) is 146 cm³/mol. The van der Waals surface area contributed by atoms with Gasteiger partial charge in [-0.15, -0.1) is 24.0 Å². The number of aliphatic imine (C=N–C) groups is 1. The van der Waals surface area contributed by atoms with E-state index in [1.54, 1.807) is 14.2 Å². The molecule has 8 heteroatoms. The van der Waals surface area contributed by atoms with E-state index in [-0.39, 0.29) is 29.9 Å². The number of ether oxygens (including phenoxy) is 2. The zero-order valence-electron chi connectivity index (χ0n) is 20.1. The van der Waals surface area contributed by atoms with Crippen molar-refractivity contribution in [2.45, 2.75) is 46.2 Å². The molecule has 0 bridgehead atoms. The Kier molecular flexibility index (Phi) is 14.2. The van der Waals surface area contributed by atoms with Crippen LogP contribution in [-0.4, -0.2) is 39.2 Å². The highest BCUT2D eigenvalue weighted by Crippen LogP contribution is 2.20. The maximum Gasteiger partial charge on any atom is 0.224 e. The van der Waals surface area contributed by atoms with Gasteiger partial charge in [-0.3, -0.25) is 9.79 Å². The Balaban J connectivity index is 0.00000544. The summed E-state index contributed by atoms with van der Waals surface area (Å²) in [6.45, 7) is 6.52. The normalized spacial score (nSPS) is 10.8. The van der Waals surface area contributed by atoms with Gasteiger partial charge in [0.05, 0.1) is 6.61 Å². The van der Waals surface area contributed by atoms with Gasteiger partial charge >= 0.3 is 0 Å². The van der Waals surface area contributed by atoms with Crippen molar-refractivity contribution in [3.05, 3.63) is 59.2 Å². The molecule has 0 saturated carbocycles. The van der Waals surface area contributed by atoms with Gasteiger partial charge in [0.25, 0.3) is 0 Å². The number of methoxy groups -OCH3 is 1. The summed E-state index contributed by atoms with van der Waals surface area (Å²) in [5.41, 5.74) is 4.08. The molecule has 0 aliphatic rings. The molecule has 0 heterocycles. The van der Waals surface area contributed by atoms with Crippen LogP contribution < -0.4 is 20.7 Å². The quantitative estimate of drug-likeness (QED) is 0.151. The largest absolute Gasteiger partial charge is 0.493 e.